The van der Waals surface area contributed by atoms with E-state index in [1.807, 2.05) is 18.2 Å². The van der Waals surface area contributed by atoms with Crippen LogP contribution in [0.1, 0.15) is 10.4 Å². The number of alkyl halides is 1. The highest BCUT2D eigenvalue weighted by atomic mass is 79.9. The van der Waals surface area contributed by atoms with E-state index in [-0.39, 0.29) is 0 Å². The highest BCUT2D eigenvalue weighted by molar-refractivity contribution is 9.08. The van der Waals surface area contributed by atoms with Gasteiger partial charge < -0.3 is 4.74 Å². The SMILES string of the molecule is Clc1cccc(CBr)c1OCc1cncs1. The molecule has 84 valence electrons. The molecule has 0 saturated carbocycles. The van der Waals surface area contributed by atoms with Gasteiger partial charge in [0, 0.05) is 17.1 Å². The maximum Gasteiger partial charge on any atom is 0.142 e. The van der Waals surface area contributed by atoms with Crippen molar-refractivity contribution in [3.8, 4) is 5.75 Å². The summed E-state index contributed by atoms with van der Waals surface area (Å²) in [6, 6.07) is 5.73. The van der Waals surface area contributed by atoms with E-state index >= 15 is 0 Å². The Hall–Kier alpha value is -0.580. The standard InChI is InChI=1S/C11H9BrClNOS/c12-4-8-2-1-3-10(13)11(8)15-6-9-5-14-7-16-9/h1-3,5,7H,4,6H2. The molecule has 0 saturated heterocycles. The van der Waals surface area contributed by atoms with E-state index in [1.165, 1.54) is 0 Å². The molecule has 1 aromatic carbocycles. The lowest BCUT2D eigenvalue weighted by molar-refractivity contribution is 0.307. The van der Waals surface area contributed by atoms with Crippen LogP contribution in [0.2, 0.25) is 5.02 Å². The summed E-state index contributed by atoms with van der Waals surface area (Å²) in [4.78, 5) is 5.08. The number of thiazole rings is 1. The van der Waals surface area contributed by atoms with Crippen LogP contribution in [0.15, 0.2) is 29.9 Å². The Labute approximate surface area is 111 Å². The Morgan fingerprint density at radius 2 is 2.31 bits per heavy atom. The zero-order valence-electron chi connectivity index (χ0n) is 8.32. The summed E-state index contributed by atoms with van der Waals surface area (Å²) in [6.07, 6.45) is 1.80. The van der Waals surface area contributed by atoms with Gasteiger partial charge in [-0.15, -0.1) is 11.3 Å². The Bertz CT molecular complexity index is 461. The average molecular weight is 319 g/mol. The third-order valence-corrected chi connectivity index (χ3v) is 3.69. The van der Waals surface area contributed by atoms with Crippen LogP contribution in [0, 0.1) is 0 Å². The molecule has 0 unspecified atom stereocenters. The van der Waals surface area contributed by atoms with Gasteiger partial charge in [0.25, 0.3) is 0 Å². The molecular weight excluding hydrogens is 310 g/mol. The van der Waals surface area contributed by atoms with Gasteiger partial charge in [0.05, 0.1) is 15.4 Å². The van der Waals surface area contributed by atoms with Crippen LogP contribution >= 0.6 is 38.9 Å². The van der Waals surface area contributed by atoms with Gasteiger partial charge in [0.15, 0.2) is 0 Å². The highest BCUT2D eigenvalue weighted by Gasteiger charge is 2.07. The molecule has 2 aromatic rings. The minimum absolute atomic E-state index is 0.508. The number of ether oxygens (including phenoxy) is 1. The van der Waals surface area contributed by atoms with E-state index in [0.717, 1.165) is 21.5 Å². The topological polar surface area (TPSA) is 22.1 Å². The number of halogens is 2. The fourth-order valence-electron chi connectivity index (χ4n) is 1.28. The van der Waals surface area contributed by atoms with Crippen LogP contribution in [-0.4, -0.2) is 4.98 Å². The van der Waals surface area contributed by atoms with Crippen LogP contribution in [0.4, 0.5) is 0 Å². The van der Waals surface area contributed by atoms with Crippen LogP contribution in [0.25, 0.3) is 0 Å². The van der Waals surface area contributed by atoms with Crippen molar-refractivity contribution in [2.45, 2.75) is 11.9 Å². The molecule has 2 nitrogen and oxygen atoms in total. The summed E-state index contributed by atoms with van der Waals surface area (Å²) in [5, 5.41) is 1.37. The summed E-state index contributed by atoms with van der Waals surface area (Å²) in [5.41, 5.74) is 2.84. The van der Waals surface area contributed by atoms with Crippen LogP contribution in [0.3, 0.4) is 0 Å². The Balaban J connectivity index is 2.14. The molecule has 0 radical (unpaired) electrons. The minimum Gasteiger partial charge on any atom is -0.486 e. The van der Waals surface area contributed by atoms with Gasteiger partial charge in [0.1, 0.15) is 12.4 Å². The van der Waals surface area contributed by atoms with Crippen molar-refractivity contribution < 1.29 is 4.74 Å². The summed E-state index contributed by atoms with van der Waals surface area (Å²) >= 11 is 11.1. The first-order chi connectivity index (χ1) is 7.81. The quantitative estimate of drug-likeness (QED) is 0.785. The van der Waals surface area contributed by atoms with Crippen molar-refractivity contribution in [3.05, 3.63) is 45.4 Å². The molecule has 0 amide bonds. The van der Waals surface area contributed by atoms with Crippen LogP contribution in [-0.2, 0) is 11.9 Å². The van der Waals surface area contributed by atoms with Gasteiger partial charge in [-0.2, -0.15) is 0 Å². The van der Waals surface area contributed by atoms with Gasteiger partial charge in [-0.05, 0) is 6.07 Å². The summed E-state index contributed by atoms with van der Waals surface area (Å²) in [5.74, 6) is 0.745. The van der Waals surface area contributed by atoms with Crippen molar-refractivity contribution in [3.63, 3.8) is 0 Å². The molecule has 2 rings (SSSR count). The lowest BCUT2D eigenvalue weighted by atomic mass is 10.2. The normalized spacial score (nSPS) is 10.4. The second-order valence-electron chi connectivity index (χ2n) is 3.12. The summed E-state index contributed by atoms with van der Waals surface area (Å²) < 4.78 is 5.71. The van der Waals surface area contributed by atoms with E-state index in [9.17, 15) is 0 Å². The van der Waals surface area contributed by atoms with Crippen LogP contribution < -0.4 is 4.74 Å². The van der Waals surface area contributed by atoms with Crippen LogP contribution in [0.5, 0.6) is 5.75 Å². The van der Waals surface area contributed by atoms with Gasteiger partial charge >= 0.3 is 0 Å². The molecule has 0 N–H and O–H groups in total. The molecule has 0 aliphatic carbocycles. The van der Waals surface area contributed by atoms with E-state index in [1.54, 1.807) is 23.0 Å². The fraction of sp³-hybridized carbons (Fsp3) is 0.182. The summed E-state index contributed by atoms with van der Waals surface area (Å²) in [7, 11) is 0. The molecule has 1 aromatic heterocycles. The van der Waals surface area contributed by atoms with Gasteiger partial charge in [-0.3, -0.25) is 4.98 Å². The smallest absolute Gasteiger partial charge is 0.142 e. The van der Waals surface area contributed by atoms with Crippen molar-refractivity contribution in [1.82, 2.24) is 4.98 Å². The monoisotopic (exact) mass is 317 g/mol. The first-order valence-corrected chi connectivity index (χ1v) is 7.02. The Morgan fingerprint density at radius 1 is 1.44 bits per heavy atom. The molecule has 0 fully saturated rings. The lowest BCUT2D eigenvalue weighted by Crippen LogP contribution is -1.96. The zero-order chi connectivity index (χ0) is 11.4. The first-order valence-electron chi connectivity index (χ1n) is 4.65. The van der Waals surface area contributed by atoms with Crippen molar-refractivity contribution in [2.75, 3.05) is 0 Å². The largest absolute Gasteiger partial charge is 0.486 e. The molecule has 0 spiro atoms. The third-order valence-electron chi connectivity index (χ3n) is 2.03. The second-order valence-corrected chi connectivity index (χ2v) is 5.06. The minimum atomic E-state index is 0.508. The summed E-state index contributed by atoms with van der Waals surface area (Å²) in [6.45, 7) is 0.508. The molecule has 0 bridgehead atoms. The maximum atomic E-state index is 6.09. The van der Waals surface area contributed by atoms with Crippen molar-refractivity contribution >= 4 is 38.9 Å². The molecule has 1 heterocycles. The predicted molar refractivity (Wildman–Crippen MR) is 70.5 cm³/mol. The first kappa shape index (κ1) is 11.9. The highest BCUT2D eigenvalue weighted by Crippen LogP contribution is 2.31. The third kappa shape index (κ3) is 2.75. The second kappa shape index (κ2) is 5.66. The van der Waals surface area contributed by atoms with E-state index < -0.39 is 0 Å². The average Bonchev–Trinajstić information content (AvgIpc) is 2.80. The molecule has 0 aliphatic rings. The molecule has 0 aliphatic heterocycles. The molecule has 16 heavy (non-hydrogen) atoms. The number of nitrogens with zero attached hydrogens (tertiary/aromatic N) is 1. The Morgan fingerprint density at radius 3 is 3.00 bits per heavy atom. The maximum absolute atomic E-state index is 6.09. The Kier molecular flexibility index (Phi) is 4.21. The fourth-order valence-corrected chi connectivity index (χ4v) is 2.47. The van der Waals surface area contributed by atoms with Gasteiger partial charge in [-0.25, -0.2) is 0 Å². The van der Waals surface area contributed by atoms with Crippen molar-refractivity contribution in [1.29, 1.82) is 0 Å². The van der Waals surface area contributed by atoms with E-state index in [4.69, 9.17) is 16.3 Å². The lowest BCUT2D eigenvalue weighted by Gasteiger charge is -2.10. The predicted octanol–water partition coefficient (Wildman–Crippen LogP) is 4.27. The number of hydrogen-bond acceptors (Lipinski definition) is 3. The molecule has 0 atom stereocenters. The number of benzene rings is 1. The number of aromatic nitrogens is 1. The van der Waals surface area contributed by atoms with E-state index in [2.05, 4.69) is 20.9 Å². The number of rotatable bonds is 4. The van der Waals surface area contributed by atoms with Gasteiger partial charge in [-0.1, -0.05) is 39.7 Å². The zero-order valence-corrected chi connectivity index (χ0v) is 11.5. The van der Waals surface area contributed by atoms with Gasteiger partial charge in [0.2, 0.25) is 0 Å². The van der Waals surface area contributed by atoms with E-state index in [0.29, 0.717) is 11.6 Å². The molecular formula is C11H9BrClNOS. The van der Waals surface area contributed by atoms with Crippen molar-refractivity contribution in [2.24, 2.45) is 0 Å². The number of hydrogen-bond donors (Lipinski definition) is 0. The molecule has 5 heteroatoms. The number of para-hydroxylation sites is 1.